The van der Waals surface area contributed by atoms with Gasteiger partial charge >= 0.3 is 6.09 Å². The van der Waals surface area contributed by atoms with E-state index < -0.39 is 11.7 Å². The van der Waals surface area contributed by atoms with Gasteiger partial charge in [-0.1, -0.05) is 17.3 Å². The molecule has 0 radical (unpaired) electrons. The third-order valence-electron chi connectivity index (χ3n) is 7.10. The van der Waals surface area contributed by atoms with Crippen molar-refractivity contribution in [3.63, 3.8) is 0 Å². The number of rotatable bonds is 6. The van der Waals surface area contributed by atoms with Crippen LogP contribution in [0.1, 0.15) is 82.5 Å². The van der Waals surface area contributed by atoms with Gasteiger partial charge in [0.1, 0.15) is 5.60 Å². The number of anilines is 2. The van der Waals surface area contributed by atoms with Gasteiger partial charge in [-0.2, -0.15) is 5.10 Å². The zero-order valence-electron chi connectivity index (χ0n) is 26.3. The van der Waals surface area contributed by atoms with Gasteiger partial charge < -0.3 is 20.3 Å². The lowest BCUT2D eigenvalue weighted by molar-refractivity contribution is 0.0234. The van der Waals surface area contributed by atoms with Crippen molar-refractivity contribution in [1.82, 2.24) is 45.0 Å². The molecule has 5 rings (SSSR count). The Morgan fingerprint density at radius 2 is 1.89 bits per heavy atom. The Morgan fingerprint density at radius 3 is 2.57 bits per heavy atom. The standard InChI is InChI=1S/C31H40N10O3/c1-8-40-18-22(16-33-40)34-28-32-13-11-24(36-28)20-9-10-23-21(15-20)17-39(29(43)44-31(5,6)7)14-12-25(23)35-27(42)26-19-41(38-37-26)30(2,3)4/h9-11,13,15-16,18-19,25H,8,12,14,17H2,1-7H3,(H,35,42)(H,32,34,36). The number of hydrogen-bond acceptors (Lipinski definition) is 9. The van der Waals surface area contributed by atoms with Gasteiger partial charge in [0.25, 0.3) is 5.91 Å². The van der Waals surface area contributed by atoms with E-state index in [2.05, 4.69) is 31.0 Å². The first kappa shape index (κ1) is 30.6. The molecule has 1 aliphatic rings. The van der Waals surface area contributed by atoms with Gasteiger partial charge in [-0.15, -0.1) is 5.10 Å². The largest absolute Gasteiger partial charge is 0.444 e. The molecule has 0 saturated heterocycles. The van der Waals surface area contributed by atoms with E-state index in [-0.39, 0.29) is 23.2 Å². The summed E-state index contributed by atoms with van der Waals surface area (Å²) in [7, 11) is 0. The molecule has 0 fully saturated rings. The molecule has 232 valence electrons. The minimum atomic E-state index is -0.640. The molecule has 1 atom stereocenters. The number of hydrogen-bond donors (Lipinski definition) is 2. The predicted octanol–water partition coefficient (Wildman–Crippen LogP) is 5.06. The van der Waals surface area contributed by atoms with Gasteiger partial charge in [0.15, 0.2) is 5.69 Å². The van der Waals surface area contributed by atoms with Crippen molar-refractivity contribution in [2.24, 2.45) is 0 Å². The van der Waals surface area contributed by atoms with Gasteiger partial charge in [-0.05, 0) is 78.1 Å². The van der Waals surface area contributed by atoms with Gasteiger partial charge in [-0.3, -0.25) is 9.48 Å². The van der Waals surface area contributed by atoms with Crippen molar-refractivity contribution in [2.45, 2.75) is 85.2 Å². The number of aryl methyl sites for hydroxylation is 1. The summed E-state index contributed by atoms with van der Waals surface area (Å²) in [5.74, 6) is 0.112. The van der Waals surface area contributed by atoms with Crippen LogP contribution in [0.2, 0.25) is 0 Å². The molecular weight excluding hydrogens is 560 g/mol. The zero-order chi connectivity index (χ0) is 31.6. The molecule has 13 heteroatoms. The van der Waals surface area contributed by atoms with E-state index in [4.69, 9.17) is 9.72 Å². The Hall–Kier alpha value is -4.81. The zero-order valence-corrected chi connectivity index (χ0v) is 26.3. The Morgan fingerprint density at radius 1 is 1.09 bits per heavy atom. The van der Waals surface area contributed by atoms with Crippen LogP contribution in [-0.4, -0.2) is 63.8 Å². The van der Waals surface area contributed by atoms with Crippen molar-refractivity contribution in [1.29, 1.82) is 0 Å². The molecular formula is C31H40N10O3. The fourth-order valence-electron chi connectivity index (χ4n) is 4.84. The molecule has 2 amide bonds. The predicted molar refractivity (Wildman–Crippen MR) is 165 cm³/mol. The third-order valence-corrected chi connectivity index (χ3v) is 7.10. The van der Waals surface area contributed by atoms with Gasteiger partial charge in [0, 0.05) is 37.6 Å². The molecule has 1 unspecified atom stereocenters. The van der Waals surface area contributed by atoms with Crippen molar-refractivity contribution in [2.75, 3.05) is 11.9 Å². The number of aromatic nitrogens is 7. The molecule has 4 heterocycles. The summed E-state index contributed by atoms with van der Waals surface area (Å²) in [5.41, 5.74) is 3.43. The highest BCUT2D eigenvalue weighted by Gasteiger charge is 2.30. The second-order valence-electron chi connectivity index (χ2n) is 12.8. The quantitative estimate of drug-likeness (QED) is 0.310. The second kappa shape index (κ2) is 12.1. The van der Waals surface area contributed by atoms with Crippen molar-refractivity contribution in [3.05, 3.63) is 65.9 Å². The average Bonchev–Trinajstić information content (AvgIpc) is 3.60. The lowest BCUT2D eigenvalue weighted by Crippen LogP contribution is -2.37. The van der Waals surface area contributed by atoms with Crippen molar-refractivity contribution >= 4 is 23.6 Å². The summed E-state index contributed by atoms with van der Waals surface area (Å²) in [6.07, 6.45) is 7.05. The number of benzene rings is 1. The van der Waals surface area contributed by atoms with Crippen LogP contribution in [0.15, 0.2) is 49.1 Å². The van der Waals surface area contributed by atoms with Gasteiger partial charge in [-0.25, -0.2) is 19.4 Å². The number of amides is 2. The van der Waals surface area contributed by atoms with E-state index in [0.29, 0.717) is 31.2 Å². The molecule has 1 aromatic carbocycles. The topological polar surface area (TPSA) is 145 Å². The first-order valence-electron chi connectivity index (χ1n) is 14.8. The molecule has 13 nitrogen and oxygen atoms in total. The van der Waals surface area contributed by atoms with Crippen LogP contribution in [0.3, 0.4) is 0 Å². The maximum atomic E-state index is 13.3. The average molecular weight is 601 g/mol. The minimum absolute atomic E-state index is 0.233. The maximum absolute atomic E-state index is 13.3. The van der Waals surface area contributed by atoms with Crippen molar-refractivity contribution < 1.29 is 14.3 Å². The smallest absolute Gasteiger partial charge is 0.410 e. The summed E-state index contributed by atoms with van der Waals surface area (Å²) in [4.78, 5) is 37.3. The van der Waals surface area contributed by atoms with Crippen molar-refractivity contribution in [3.8, 4) is 11.3 Å². The summed E-state index contributed by atoms with van der Waals surface area (Å²) in [5, 5.41) is 18.9. The number of nitrogens with zero attached hydrogens (tertiary/aromatic N) is 8. The SMILES string of the molecule is CCn1cc(Nc2nccc(-c3ccc4c(c3)CN(C(=O)OC(C)(C)C)CCC4NC(=O)c3cn(C(C)(C)C)nn3)n2)cn1. The molecule has 0 bridgehead atoms. The summed E-state index contributed by atoms with van der Waals surface area (Å²) >= 11 is 0. The summed E-state index contributed by atoms with van der Waals surface area (Å²) in [6, 6.07) is 7.44. The highest BCUT2D eigenvalue weighted by Crippen LogP contribution is 2.32. The first-order valence-corrected chi connectivity index (χ1v) is 14.8. The van der Waals surface area contributed by atoms with Crippen LogP contribution in [0.25, 0.3) is 11.3 Å². The molecule has 4 aromatic rings. The minimum Gasteiger partial charge on any atom is -0.444 e. The van der Waals surface area contributed by atoms with Crippen LogP contribution in [-0.2, 0) is 23.4 Å². The Balaban J connectivity index is 1.44. The number of carbonyl (C=O) groups is 2. The van der Waals surface area contributed by atoms with Crippen LogP contribution >= 0.6 is 0 Å². The molecule has 3 aromatic heterocycles. The van der Waals surface area contributed by atoms with E-state index in [1.807, 2.05) is 83.6 Å². The monoisotopic (exact) mass is 600 g/mol. The number of carbonyl (C=O) groups excluding carboxylic acids is 2. The molecule has 0 spiro atoms. The highest BCUT2D eigenvalue weighted by atomic mass is 16.6. The molecule has 0 aliphatic carbocycles. The maximum Gasteiger partial charge on any atom is 0.410 e. The van der Waals surface area contributed by atoms with E-state index >= 15 is 0 Å². The van der Waals surface area contributed by atoms with E-state index in [0.717, 1.165) is 28.9 Å². The first-order chi connectivity index (χ1) is 20.8. The lowest BCUT2D eigenvalue weighted by atomic mass is 9.96. The van der Waals surface area contributed by atoms with Crippen LogP contribution in [0, 0.1) is 0 Å². The lowest BCUT2D eigenvalue weighted by Gasteiger charge is -2.26. The molecule has 2 N–H and O–H groups in total. The number of fused-ring (bicyclic) bond motifs is 1. The third kappa shape index (κ3) is 7.21. The number of ether oxygens (including phenoxy) is 1. The molecule has 0 saturated carbocycles. The van der Waals surface area contributed by atoms with Gasteiger partial charge in [0.05, 0.1) is 35.4 Å². The Kier molecular flexibility index (Phi) is 8.40. The fourth-order valence-corrected chi connectivity index (χ4v) is 4.84. The van der Waals surface area contributed by atoms with Crippen LogP contribution in [0.5, 0.6) is 0 Å². The van der Waals surface area contributed by atoms with E-state index in [9.17, 15) is 9.59 Å². The highest BCUT2D eigenvalue weighted by molar-refractivity contribution is 5.92. The molecule has 1 aliphatic heterocycles. The van der Waals surface area contributed by atoms with E-state index in [1.54, 1.807) is 28.2 Å². The van der Waals surface area contributed by atoms with Crippen LogP contribution in [0.4, 0.5) is 16.4 Å². The second-order valence-corrected chi connectivity index (χ2v) is 12.8. The van der Waals surface area contributed by atoms with Crippen LogP contribution < -0.4 is 10.6 Å². The number of nitrogens with one attached hydrogen (secondary N) is 2. The fraction of sp³-hybridized carbons (Fsp3) is 0.452. The molecule has 44 heavy (non-hydrogen) atoms. The van der Waals surface area contributed by atoms with E-state index in [1.165, 1.54) is 0 Å². The summed E-state index contributed by atoms with van der Waals surface area (Å²) in [6.45, 7) is 15.0. The Labute approximate surface area is 257 Å². The normalized spacial score (nSPS) is 15.3. The Bertz CT molecular complexity index is 1650. The summed E-state index contributed by atoms with van der Waals surface area (Å²) < 4.78 is 9.19. The van der Waals surface area contributed by atoms with Gasteiger partial charge in [0.2, 0.25) is 5.95 Å².